The van der Waals surface area contributed by atoms with Crippen molar-refractivity contribution >= 4 is 23.5 Å². The molecule has 0 N–H and O–H groups in total. The number of ether oxygens (including phenoxy) is 2. The van der Waals surface area contributed by atoms with Crippen LogP contribution in [0.1, 0.15) is 13.3 Å². The summed E-state index contributed by atoms with van der Waals surface area (Å²) in [4.78, 5) is 17.4. The van der Waals surface area contributed by atoms with E-state index < -0.39 is 0 Å². The van der Waals surface area contributed by atoms with E-state index >= 15 is 0 Å². The van der Waals surface area contributed by atoms with Crippen molar-refractivity contribution in [2.75, 3.05) is 55.9 Å². The van der Waals surface area contributed by atoms with E-state index in [0.717, 1.165) is 26.1 Å². The van der Waals surface area contributed by atoms with Crippen molar-refractivity contribution in [2.45, 2.75) is 19.4 Å². The SMILES string of the molecule is CCC1COCCN1c1nc(Cl)nc(N2CCOCC2)n1. The molecule has 2 aliphatic heterocycles. The Morgan fingerprint density at radius 3 is 2.52 bits per heavy atom. The van der Waals surface area contributed by atoms with Crippen LogP contribution in [0.5, 0.6) is 0 Å². The Kier molecular flexibility index (Phi) is 4.72. The molecule has 7 nitrogen and oxygen atoms in total. The lowest BCUT2D eigenvalue weighted by Gasteiger charge is -2.35. The number of nitrogens with zero attached hydrogens (tertiary/aromatic N) is 5. The van der Waals surface area contributed by atoms with Gasteiger partial charge < -0.3 is 19.3 Å². The molecule has 2 fully saturated rings. The van der Waals surface area contributed by atoms with E-state index in [4.69, 9.17) is 21.1 Å². The fourth-order valence-electron chi connectivity index (χ4n) is 2.62. The average Bonchev–Trinajstić information content (AvgIpc) is 2.55. The number of halogens is 1. The maximum atomic E-state index is 6.10. The third-order valence-electron chi connectivity index (χ3n) is 3.83. The molecular weight excluding hydrogens is 294 g/mol. The number of rotatable bonds is 3. The first-order chi connectivity index (χ1) is 10.3. The molecule has 0 bridgehead atoms. The van der Waals surface area contributed by atoms with Crippen LogP contribution < -0.4 is 9.80 Å². The van der Waals surface area contributed by atoms with E-state index in [1.165, 1.54) is 0 Å². The van der Waals surface area contributed by atoms with Gasteiger partial charge in [0.05, 0.1) is 32.5 Å². The second-order valence-electron chi connectivity index (χ2n) is 5.13. The largest absolute Gasteiger partial charge is 0.378 e. The van der Waals surface area contributed by atoms with Crippen LogP contribution in [-0.4, -0.2) is 67.1 Å². The number of hydrogen-bond acceptors (Lipinski definition) is 7. The van der Waals surface area contributed by atoms with Crippen molar-refractivity contribution in [3.63, 3.8) is 0 Å². The van der Waals surface area contributed by atoms with E-state index in [0.29, 0.717) is 38.3 Å². The zero-order valence-corrected chi connectivity index (χ0v) is 12.9. The molecule has 0 aromatic carbocycles. The summed E-state index contributed by atoms with van der Waals surface area (Å²) in [6.07, 6.45) is 0.982. The average molecular weight is 314 g/mol. The molecule has 1 aromatic heterocycles. The molecule has 0 amide bonds. The predicted molar refractivity (Wildman–Crippen MR) is 80.1 cm³/mol. The highest BCUT2D eigenvalue weighted by Crippen LogP contribution is 2.21. The van der Waals surface area contributed by atoms with Crippen molar-refractivity contribution in [2.24, 2.45) is 0 Å². The van der Waals surface area contributed by atoms with E-state index in [1.807, 2.05) is 0 Å². The molecule has 8 heteroatoms. The molecule has 2 aliphatic rings. The van der Waals surface area contributed by atoms with Gasteiger partial charge in [0.2, 0.25) is 17.2 Å². The molecule has 1 unspecified atom stereocenters. The monoisotopic (exact) mass is 313 g/mol. The fourth-order valence-corrected chi connectivity index (χ4v) is 2.77. The van der Waals surface area contributed by atoms with Crippen molar-refractivity contribution in [1.29, 1.82) is 0 Å². The van der Waals surface area contributed by atoms with Crippen LogP contribution in [-0.2, 0) is 9.47 Å². The Morgan fingerprint density at radius 2 is 1.76 bits per heavy atom. The fraction of sp³-hybridized carbons (Fsp3) is 0.769. The van der Waals surface area contributed by atoms with Gasteiger partial charge in [-0.1, -0.05) is 6.92 Å². The zero-order chi connectivity index (χ0) is 14.7. The van der Waals surface area contributed by atoms with Crippen LogP contribution in [0.25, 0.3) is 0 Å². The maximum absolute atomic E-state index is 6.10. The summed E-state index contributed by atoms with van der Waals surface area (Å²) in [5.74, 6) is 1.28. The maximum Gasteiger partial charge on any atom is 0.231 e. The molecule has 2 saturated heterocycles. The standard InChI is InChI=1S/C13H20ClN5O2/c1-2-10-9-21-8-5-19(10)13-16-11(14)15-12(17-13)18-3-6-20-7-4-18/h10H,2-9H2,1H3. The Balaban J connectivity index is 1.85. The third kappa shape index (κ3) is 3.36. The Morgan fingerprint density at radius 1 is 1.05 bits per heavy atom. The minimum absolute atomic E-state index is 0.239. The predicted octanol–water partition coefficient (Wildman–Crippen LogP) is 0.977. The van der Waals surface area contributed by atoms with Gasteiger partial charge in [0, 0.05) is 19.6 Å². The van der Waals surface area contributed by atoms with Crippen molar-refractivity contribution in [3.05, 3.63) is 5.28 Å². The highest BCUT2D eigenvalue weighted by atomic mass is 35.5. The van der Waals surface area contributed by atoms with Gasteiger partial charge in [-0.25, -0.2) is 0 Å². The Hall–Kier alpha value is -1.18. The first-order valence-corrected chi connectivity index (χ1v) is 7.74. The quantitative estimate of drug-likeness (QED) is 0.824. The normalized spacial score (nSPS) is 23.4. The molecule has 0 spiro atoms. The van der Waals surface area contributed by atoms with Crippen LogP contribution in [0.3, 0.4) is 0 Å². The summed E-state index contributed by atoms with van der Waals surface area (Å²) in [7, 11) is 0. The van der Waals surface area contributed by atoms with E-state index in [-0.39, 0.29) is 11.3 Å². The van der Waals surface area contributed by atoms with Crippen molar-refractivity contribution in [3.8, 4) is 0 Å². The van der Waals surface area contributed by atoms with Gasteiger partial charge in [0.1, 0.15) is 0 Å². The minimum atomic E-state index is 0.239. The number of aromatic nitrogens is 3. The summed E-state index contributed by atoms with van der Waals surface area (Å²) < 4.78 is 10.9. The molecular formula is C13H20ClN5O2. The summed E-state index contributed by atoms with van der Waals surface area (Å²) in [5.41, 5.74) is 0. The van der Waals surface area contributed by atoms with Crippen LogP contribution in [0.2, 0.25) is 5.28 Å². The minimum Gasteiger partial charge on any atom is -0.378 e. The first kappa shape index (κ1) is 14.7. The van der Waals surface area contributed by atoms with Crippen LogP contribution in [0.15, 0.2) is 0 Å². The highest BCUT2D eigenvalue weighted by molar-refractivity contribution is 6.28. The van der Waals surface area contributed by atoms with Gasteiger partial charge in [-0.15, -0.1) is 0 Å². The molecule has 0 radical (unpaired) electrons. The van der Waals surface area contributed by atoms with Crippen LogP contribution >= 0.6 is 11.6 Å². The van der Waals surface area contributed by atoms with Crippen molar-refractivity contribution < 1.29 is 9.47 Å². The molecule has 3 rings (SSSR count). The van der Waals surface area contributed by atoms with E-state index in [1.54, 1.807) is 0 Å². The van der Waals surface area contributed by atoms with E-state index in [9.17, 15) is 0 Å². The summed E-state index contributed by atoms with van der Waals surface area (Å²) in [6, 6.07) is 0.287. The van der Waals surface area contributed by atoms with Gasteiger partial charge in [-0.05, 0) is 18.0 Å². The summed E-state index contributed by atoms with van der Waals surface area (Å²) >= 11 is 6.10. The lowest BCUT2D eigenvalue weighted by atomic mass is 10.2. The summed E-state index contributed by atoms with van der Waals surface area (Å²) in [6.45, 7) is 7.24. The zero-order valence-electron chi connectivity index (χ0n) is 12.2. The van der Waals surface area contributed by atoms with Gasteiger partial charge in [-0.3, -0.25) is 0 Å². The van der Waals surface area contributed by atoms with Crippen LogP contribution in [0, 0.1) is 0 Å². The molecule has 116 valence electrons. The second-order valence-corrected chi connectivity index (χ2v) is 5.47. The molecule has 3 heterocycles. The van der Waals surface area contributed by atoms with Gasteiger partial charge in [0.15, 0.2) is 0 Å². The Bertz CT molecular complexity index is 484. The smallest absolute Gasteiger partial charge is 0.231 e. The van der Waals surface area contributed by atoms with Gasteiger partial charge >= 0.3 is 0 Å². The summed E-state index contributed by atoms with van der Waals surface area (Å²) in [5, 5.41) is 0.239. The molecule has 0 aliphatic carbocycles. The number of anilines is 2. The van der Waals surface area contributed by atoms with Gasteiger partial charge in [0.25, 0.3) is 0 Å². The van der Waals surface area contributed by atoms with E-state index in [2.05, 4.69) is 31.7 Å². The lowest BCUT2D eigenvalue weighted by molar-refractivity contribution is 0.0920. The first-order valence-electron chi connectivity index (χ1n) is 7.36. The van der Waals surface area contributed by atoms with Gasteiger partial charge in [-0.2, -0.15) is 15.0 Å². The topological polar surface area (TPSA) is 63.6 Å². The molecule has 21 heavy (non-hydrogen) atoms. The molecule has 1 aromatic rings. The highest BCUT2D eigenvalue weighted by Gasteiger charge is 2.26. The van der Waals surface area contributed by atoms with Crippen molar-refractivity contribution in [1.82, 2.24) is 15.0 Å². The third-order valence-corrected chi connectivity index (χ3v) is 4.00. The molecule has 1 atom stereocenters. The lowest BCUT2D eigenvalue weighted by Crippen LogP contribution is -2.46. The van der Waals surface area contributed by atoms with Crippen LogP contribution in [0.4, 0.5) is 11.9 Å². The second kappa shape index (κ2) is 6.72. The Labute approximate surface area is 129 Å². The number of morpholine rings is 2. The molecule has 0 saturated carbocycles. The number of hydrogen-bond donors (Lipinski definition) is 0.